The van der Waals surface area contributed by atoms with Gasteiger partial charge in [0.15, 0.2) is 0 Å². The number of aliphatic hydroxyl groups excluding tert-OH is 1. The number of hydrogen-bond acceptors (Lipinski definition) is 3. The summed E-state index contributed by atoms with van der Waals surface area (Å²) in [7, 11) is 0. The predicted octanol–water partition coefficient (Wildman–Crippen LogP) is 3.53. The van der Waals surface area contributed by atoms with Crippen molar-refractivity contribution >= 4 is 12.1 Å². The van der Waals surface area contributed by atoms with E-state index in [9.17, 15) is 14.7 Å². The fourth-order valence-electron chi connectivity index (χ4n) is 7.75. The molecule has 3 heteroatoms. The third-order valence-corrected chi connectivity index (χ3v) is 8.77. The van der Waals surface area contributed by atoms with Gasteiger partial charge in [-0.3, -0.25) is 4.79 Å². The first kappa shape index (κ1) is 15.8. The minimum atomic E-state index is -0.428. The molecule has 0 radical (unpaired) electrons. The van der Waals surface area contributed by atoms with Gasteiger partial charge >= 0.3 is 0 Å². The van der Waals surface area contributed by atoms with E-state index in [1.54, 1.807) is 0 Å². The number of hydrogen-bond donors (Lipinski definition) is 1. The van der Waals surface area contributed by atoms with E-state index in [0.717, 1.165) is 44.9 Å². The van der Waals surface area contributed by atoms with Crippen LogP contribution in [0, 0.1) is 33.5 Å². The average Bonchev–Trinajstić information content (AvgIpc) is 2.73. The second-order valence-electron chi connectivity index (χ2n) is 9.74. The number of carbonyl (C=O) groups is 2. The molecule has 128 valence electrons. The normalized spacial score (nSPS) is 55.2. The van der Waals surface area contributed by atoms with Gasteiger partial charge in [0.05, 0.1) is 12.0 Å². The van der Waals surface area contributed by atoms with Crippen LogP contribution in [0.4, 0.5) is 0 Å². The predicted molar refractivity (Wildman–Crippen MR) is 87.8 cm³/mol. The molecule has 23 heavy (non-hydrogen) atoms. The van der Waals surface area contributed by atoms with Crippen molar-refractivity contribution in [2.45, 2.75) is 71.6 Å². The van der Waals surface area contributed by atoms with Crippen LogP contribution in [0.25, 0.3) is 0 Å². The first-order valence-electron chi connectivity index (χ1n) is 9.45. The summed E-state index contributed by atoms with van der Waals surface area (Å²) in [4.78, 5) is 24.5. The van der Waals surface area contributed by atoms with Crippen molar-refractivity contribution in [3.05, 3.63) is 0 Å². The van der Waals surface area contributed by atoms with Crippen molar-refractivity contribution in [1.29, 1.82) is 0 Å². The van der Waals surface area contributed by atoms with Crippen molar-refractivity contribution in [2.75, 3.05) is 6.61 Å². The number of ketones is 1. The molecule has 1 N–H and O–H groups in total. The monoisotopic (exact) mass is 318 g/mol. The largest absolute Gasteiger partial charge is 0.395 e. The van der Waals surface area contributed by atoms with Crippen LogP contribution in [0.15, 0.2) is 0 Å². The molecule has 6 atom stereocenters. The van der Waals surface area contributed by atoms with Gasteiger partial charge in [-0.2, -0.15) is 0 Å². The van der Waals surface area contributed by atoms with Crippen molar-refractivity contribution in [3.63, 3.8) is 0 Å². The first-order chi connectivity index (χ1) is 10.8. The molecule has 4 rings (SSSR count). The van der Waals surface area contributed by atoms with Crippen molar-refractivity contribution in [2.24, 2.45) is 33.5 Å². The van der Waals surface area contributed by atoms with E-state index in [4.69, 9.17) is 0 Å². The molecule has 4 aliphatic carbocycles. The Morgan fingerprint density at radius 2 is 1.87 bits per heavy atom. The van der Waals surface area contributed by atoms with Gasteiger partial charge in [0.1, 0.15) is 12.1 Å². The number of rotatable bonds is 2. The van der Waals surface area contributed by atoms with E-state index in [1.165, 1.54) is 12.7 Å². The van der Waals surface area contributed by atoms with Gasteiger partial charge in [-0.15, -0.1) is 0 Å². The highest BCUT2D eigenvalue weighted by Crippen LogP contribution is 2.72. The average molecular weight is 318 g/mol. The van der Waals surface area contributed by atoms with Crippen molar-refractivity contribution in [1.82, 2.24) is 0 Å². The maximum absolute atomic E-state index is 12.7. The summed E-state index contributed by atoms with van der Waals surface area (Å²) < 4.78 is 0. The summed E-state index contributed by atoms with van der Waals surface area (Å²) in [5.74, 6) is 1.34. The van der Waals surface area contributed by atoms with Gasteiger partial charge in [0.25, 0.3) is 0 Å². The molecule has 2 bridgehead atoms. The standard InChI is InChI=1S/C20H30O3/c1-17(12-21)6-3-7-18(2)14(17)4-8-19-10-16(23)20(11-19,13-22)9-5-15(18)19/h12,14-15,22H,3-11,13H2,1-2H3/t14-,15+,17+,18-,19+,20-/m1/s1. The summed E-state index contributed by atoms with van der Waals surface area (Å²) in [6, 6.07) is 0. The van der Waals surface area contributed by atoms with Crippen LogP contribution in [0.3, 0.4) is 0 Å². The first-order valence-corrected chi connectivity index (χ1v) is 9.45. The van der Waals surface area contributed by atoms with Gasteiger partial charge in [-0.25, -0.2) is 0 Å². The zero-order valence-electron chi connectivity index (χ0n) is 14.6. The molecular formula is C20H30O3. The maximum Gasteiger partial charge on any atom is 0.141 e. The van der Waals surface area contributed by atoms with E-state index in [-0.39, 0.29) is 22.9 Å². The Balaban J connectivity index is 1.74. The quantitative estimate of drug-likeness (QED) is 0.792. The van der Waals surface area contributed by atoms with Gasteiger partial charge in [-0.1, -0.05) is 20.3 Å². The van der Waals surface area contributed by atoms with E-state index in [1.807, 2.05) is 0 Å². The topological polar surface area (TPSA) is 54.4 Å². The van der Waals surface area contributed by atoms with Gasteiger partial charge < -0.3 is 9.90 Å². The minimum Gasteiger partial charge on any atom is -0.395 e. The van der Waals surface area contributed by atoms with E-state index in [0.29, 0.717) is 24.0 Å². The molecule has 0 aliphatic heterocycles. The molecule has 0 aromatic carbocycles. The molecule has 3 nitrogen and oxygen atoms in total. The third-order valence-electron chi connectivity index (χ3n) is 8.77. The number of aliphatic hydroxyl groups is 1. The van der Waals surface area contributed by atoms with Crippen LogP contribution in [-0.2, 0) is 9.59 Å². The third kappa shape index (κ3) is 1.80. The van der Waals surface area contributed by atoms with Crippen LogP contribution >= 0.6 is 0 Å². The van der Waals surface area contributed by atoms with Crippen LogP contribution in [0.5, 0.6) is 0 Å². The van der Waals surface area contributed by atoms with Crippen LogP contribution in [0.2, 0.25) is 0 Å². The minimum absolute atomic E-state index is 0.0342. The Labute approximate surface area is 139 Å². The summed E-state index contributed by atoms with van der Waals surface area (Å²) in [5.41, 5.74) is -0.298. The molecule has 0 aromatic heterocycles. The molecule has 0 heterocycles. The highest BCUT2D eigenvalue weighted by molar-refractivity contribution is 5.88. The summed E-state index contributed by atoms with van der Waals surface area (Å²) in [6.45, 7) is 4.62. The van der Waals surface area contributed by atoms with Crippen molar-refractivity contribution in [3.8, 4) is 0 Å². The molecule has 0 aromatic rings. The summed E-state index contributed by atoms with van der Waals surface area (Å²) in [6.07, 6.45) is 10.2. The fourth-order valence-corrected chi connectivity index (χ4v) is 7.75. The fraction of sp³-hybridized carbons (Fsp3) is 0.900. The molecule has 4 fully saturated rings. The van der Waals surface area contributed by atoms with Gasteiger partial charge in [0.2, 0.25) is 0 Å². The van der Waals surface area contributed by atoms with E-state index >= 15 is 0 Å². The molecule has 0 unspecified atom stereocenters. The van der Waals surface area contributed by atoms with Crippen LogP contribution < -0.4 is 0 Å². The SMILES string of the molecule is C[C@@]12CCC[C@@](C)(C=O)[C@H]1CC[C@@]13CC(=O)[C@](CO)(CC[C@H]12)C3. The maximum atomic E-state index is 12.7. The lowest BCUT2D eigenvalue weighted by molar-refractivity contribution is -0.162. The zero-order valence-corrected chi connectivity index (χ0v) is 14.6. The second-order valence-corrected chi connectivity index (χ2v) is 9.74. The Bertz CT molecular complexity index is 557. The Morgan fingerprint density at radius 1 is 1.13 bits per heavy atom. The zero-order chi connectivity index (χ0) is 16.5. The lowest BCUT2D eigenvalue weighted by Crippen LogP contribution is -2.57. The molecular weight excluding hydrogens is 288 g/mol. The Morgan fingerprint density at radius 3 is 2.57 bits per heavy atom. The highest BCUT2D eigenvalue weighted by Gasteiger charge is 2.68. The molecule has 4 saturated carbocycles. The molecule has 0 saturated heterocycles. The van der Waals surface area contributed by atoms with Gasteiger partial charge in [-0.05, 0) is 67.6 Å². The van der Waals surface area contributed by atoms with Crippen molar-refractivity contribution < 1.29 is 14.7 Å². The molecule has 4 aliphatic rings. The second kappa shape index (κ2) is 4.68. The smallest absolute Gasteiger partial charge is 0.141 e. The van der Waals surface area contributed by atoms with Gasteiger partial charge in [0, 0.05) is 11.8 Å². The molecule has 0 amide bonds. The summed E-state index contributed by atoms with van der Waals surface area (Å²) >= 11 is 0. The van der Waals surface area contributed by atoms with Crippen LogP contribution in [0.1, 0.15) is 71.6 Å². The summed E-state index contributed by atoms with van der Waals surface area (Å²) in [5, 5.41) is 9.88. The number of aldehydes is 1. The molecule has 1 spiro atoms. The lowest BCUT2D eigenvalue weighted by Gasteiger charge is -2.63. The Kier molecular flexibility index (Phi) is 3.22. The van der Waals surface area contributed by atoms with Crippen LogP contribution in [-0.4, -0.2) is 23.8 Å². The Hall–Kier alpha value is -0.700. The number of Topliss-reactive ketones (excluding diaryl/α,β-unsaturated/α-hetero) is 1. The highest BCUT2D eigenvalue weighted by atomic mass is 16.3. The number of fused-ring (bicyclic) bond motifs is 3. The lowest BCUT2D eigenvalue weighted by atomic mass is 9.40. The van der Waals surface area contributed by atoms with E-state index in [2.05, 4.69) is 13.8 Å². The van der Waals surface area contributed by atoms with E-state index < -0.39 is 5.41 Å². The number of carbonyl (C=O) groups excluding carboxylic acids is 2.